The molecule has 0 unspecified atom stereocenters. The van der Waals surface area contributed by atoms with Crippen molar-refractivity contribution in [1.29, 1.82) is 0 Å². The van der Waals surface area contributed by atoms with Gasteiger partial charge in [-0.2, -0.15) is 5.10 Å². The maximum Gasteiger partial charge on any atom is 0.206 e. The lowest BCUT2D eigenvalue weighted by Crippen LogP contribution is -2.13. The topological polar surface area (TPSA) is 61.2 Å². The fraction of sp³-hybridized carbons (Fsp3) is 0.222. The van der Waals surface area contributed by atoms with Gasteiger partial charge in [0, 0.05) is 18.1 Å². The zero-order chi connectivity index (χ0) is 17.5. The molecule has 2 aromatic heterocycles. The molecule has 3 rings (SSSR count). The van der Waals surface area contributed by atoms with E-state index in [1.54, 1.807) is 26.7 Å². The van der Waals surface area contributed by atoms with E-state index >= 15 is 0 Å². The first-order valence-corrected chi connectivity index (χ1v) is 8.62. The van der Waals surface area contributed by atoms with E-state index in [1.165, 1.54) is 11.3 Å². The molecule has 6 nitrogen and oxygen atoms in total. The quantitative estimate of drug-likeness (QED) is 0.482. The van der Waals surface area contributed by atoms with Gasteiger partial charge >= 0.3 is 0 Å². The molecule has 0 saturated carbocycles. The average Bonchev–Trinajstić information content (AvgIpc) is 3.30. The summed E-state index contributed by atoms with van der Waals surface area (Å²) < 4.78 is 17.4. The first-order chi connectivity index (χ1) is 12.3. The van der Waals surface area contributed by atoms with Crippen molar-refractivity contribution in [3.63, 3.8) is 0 Å². The minimum absolute atomic E-state index is 0.567. The van der Waals surface area contributed by atoms with Crippen LogP contribution in [0.25, 0.3) is 11.3 Å². The van der Waals surface area contributed by atoms with Crippen molar-refractivity contribution in [3.8, 4) is 17.0 Å². The molecule has 0 radical (unpaired) electrons. The summed E-state index contributed by atoms with van der Waals surface area (Å²) in [6, 6.07) is 11.5. The van der Waals surface area contributed by atoms with Gasteiger partial charge in [-0.05, 0) is 36.4 Å². The van der Waals surface area contributed by atoms with Gasteiger partial charge < -0.3 is 13.9 Å². The standard InChI is InChI=1S/C18H19N3O3S/c1-22-11-9-19-18-21(20-12-16-4-3-10-24-16)17(13-25-18)14-5-7-15(23-2)8-6-14/h3-8,10,12-13H,9,11H2,1-2H3/b19-18?,20-12-. The molecule has 0 bridgehead atoms. The van der Waals surface area contributed by atoms with E-state index in [0.717, 1.165) is 21.8 Å². The smallest absolute Gasteiger partial charge is 0.206 e. The highest BCUT2D eigenvalue weighted by molar-refractivity contribution is 7.07. The van der Waals surface area contributed by atoms with Crippen molar-refractivity contribution in [2.24, 2.45) is 10.1 Å². The van der Waals surface area contributed by atoms with Gasteiger partial charge in [-0.15, -0.1) is 11.3 Å². The second-order valence-electron chi connectivity index (χ2n) is 5.08. The van der Waals surface area contributed by atoms with Crippen LogP contribution < -0.4 is 9.54 Å². The first kappa shape index (κ1) is 17.2. The zero-order valence-electron chi connectivity index (χ0n) is 14.1. The number of ether oxygens (including phenoxy) is 2. The van der Waals surface area contributed by atoms with E-state index in [4.69, 9.17) is 13.9 Å². The number of hydrogen-bond acceptors (Lipinski definition) is 6. The van der Waals surface area contributed by atoms with Crippen LogP contribution >= 0.6 is 11.3 Å². The largest absolute Gasteiger partial charge is 0.497 e. The molecule has 3 aromatic rings. The van der Waals surface area contributed by atoms with Gasteiger partial charge in [0.2, 0.25) is 4.80 Å². The number of aromatic nitrogens is 1. The van der Waals surface area contributed by atoms with Gasteiger partial charge in [0.05, 0.1) is 38.4 Å². The number of hydrogen-bond donors (Lipinski definition) is 0. The lowest BCUT2D eigenvalue weighted by atomic mass is 10.2. The molecule has 0 atom stereocenters. The monoisotopic (exact) mass is 357 g/mol. The summed E-state index contributed by atoms with van der Waals surface area (Å²) in [6.45, 7) is 1.15. The maximum atomic E-state index is 5.32. The highest BCUT2D eigenvalue weighted by atomic mass is 32.1. The zero-order valence-corrected chi connectivity index (χ0v) is 14.9. The summed E-state index contributed by atoms with van der Waals surface area (Å²) in [7, 11) is 3.32. The first-order valence-electron chi connectivity index (χ1n) is 7.74. The molecular weight excluding hydrogens is 338 g/mol. The molecule has 0 aliphatic carbocycles. The highest BCUT2D eigenvalue weighted by Crippen LogP contribution is 2.23. The lowest BCUT2D eigenvalue weighted by molar-refractivity contribution is 0.207. The summed E-state index contributed by atoms with van der Waals surface area (Å²) >= 11 is 1.53. The van der Waals surface area contributed by atoms with Crippen LogP contribution in [0, 0.1) is 0 Å². The van der Waals surface area contributed by atoms with Gasteiger partial charge in [-0.25, -0.2) is 4.68 Å². The molecule has 0 saturated heterocycles. The van der Waals surface area contributed by atoms with E-state index in [0.29, 0.717) is 18.9 Å². The second-order valence-corrected chi connectivity index (χ2v) is 5.91. The predicted molar refractivity (Wildman–Crippen MR) is 98.3 cm³/mol. The molecule has 25 heavy (non-hydrogen) atoms. The number of rotatable bonds is 7. The van der Waals surface area contributed by atoms with Gasteiger partial charge in [0.1, 0.15) is 11.5 Å². The van der Waals surface area contributed by atoms with Crippen molar-refractivity contribution >= 4 is 17.6 Å². The van der Waals surface area contributed by atoms with Gasteiger partial charge in [0.25, 0.3) is 0 Å². The van der Waals surface area contributed by atoms with E-state index in [1.807, 2.05) is 46.5 Å². The molecule has 7 heteroatoms. The lowest BCUT2D eigenvalue weighted by Gasteiger charge is -2.05. The second kappa shape index (κ2) is 8.46. The fourth-order valence-corrected chi connectivity index (χ4v) is 3.06. The van der Waals surface area contributed by atoms with E-state index in [2.05, 4.69) is 10.1 Å². The average molecular weight is 357 g/mol. The van der Waals surface area contributed by atoms with Crippen LogP contribution in [0.5, 0.6) is 5.75 Å². The van der Waals surface area contributed by atoms with Crippen molar-refractivity contribution in [1.82, 2.24) is 4.68 Å². The van der Waals surface area contributed by atoms with E-state index in [-0.39, 0.29) is 0 Å². The molecule has 0 aliphatic heterocycles. The number of benzene rings is 1. The summed E-state index contributed by atoms with van der Waals surface area (Å²) in [5.74, 6) is 1.50. The Morgan fingerprint density at radius 2 is 2.04 bits per heavy atom. The minimum Gasteiger partial charge on any atom is -0.497 e. The molecule has 130 valence electrons. The Morgan fingerprint density at radius 3 is 2.72 bits per heavy atom. The van der Waals surface area contributed by atoms with Crippen LogP contribution in [-0.2, 0) is 4.74 Å². The Bertz CT molecular complexity index is 877. The Hall–Kier alpha value is -2.64. The van der Waals surface area contributed by atoms with Gasteiger partial charge in [0.15, 0.2) is 0 Å². The number of methoxy groups -OCH3 is 2. The molecule has 0 aliphatic rings. The van der Waals surface area contributed by atoms with Gasteiger partial charge in [-0.1, -0.05) is 0 Å². The SMILES string of the molecule is COCCN=c1scc(-c2ccc(OC)cc2)n1/N=C\c1ccco1. The van der Waals surface area contributed by atoms with Crippen molar-refractivity contribution in [2.75, 3.05) is 27.4 Å². The third-order valence-corrected chi connectivity index (χ3v) is 4.31. The highest BCUT2D eigenvalue weighted by Gasteiger charge is 2.08. The van der Waals surface area contributed by atoms with Crippen LogP contribution in [-0.4, -0.2) is 38.3 Å². The summed E-state index contributed by atoms with van der Waals surface area (Å²) in [6.07, 6.45) is 3.29. The van der Waals surface area contributed by atoms with E-state index in [9.17, 15) is 0 Å². The third-order valence-electron chi connectivity index (χ3n) is 3.46. The Balaban J connectivity index is 2.00. The van der Waals surface area contributed by atoms with Crippen LogP contribution in [0.3, 0.4) is 0 Å². The Labute approximate surface area is 149 Å². The maximum absolute atomic E-state index is 5.32. The van der Waals surface area contributed by atoms with Crippen molar-refractivity contribution in [3.05, 3.63) is 58.6 Å². The normalized spacial score (nSPS) is 12.2. The Kier molecular flexibility index (Phi) is 5.81. The molecule has 2 heterocycles. The Morgan fingerprint density at radius 1 is 1.20 bits per heavy atom. The molecule has 0 fully saturated rings. The third kappa shape index (κ3) is 4.26. The van der Waals surface area contributed by atoms with Crippen LogP contribution in [0.1, 0.15) is 5.76 Å². The number of thiazole rings is 1. The van der Waals surface area contributed by atoms with Crippen LogP contribution in [0.4, 0.5) is 0 Å². The minimum atomic E-state index is 0.567. The molecule has 1 aromatic carbocycles. The molecular formula is C18H19N3O3S. The van der Waals surface area contributed by atoms with Crippen LogP contribution in [0.2, 0.25) is 0 Å². The molecule has 0 N–H and O–H groups in total. The van der Waals surface area contributed by atoms with Crippen molar-refractivity contribution in [2.45, 2.75) is 0 Å². The molecule has 0 spiro atoms. The van der Waals surface area contributed by atoms with Crippen molar-refractivity contribution < 1.29 is 13.9 Å². The summed E-state index contributed by atoms with van der Waals surface area (Å²) in [5.41, 5.74) is 1.98. The summed E-state index contributed by atoms with van der Waals surface area (Å²) in [5, 5.41) is 6.58. The molecule has 0 amide bonds. The van der Waals surface area contributed by atoms with Crippen LogP contribution in [0.15, 0.2) is 62.6 Å². The summed E-state index contributed by atoms with van der Waals surface area (Å²) in [4.78, 5) is 5.36. The van der Waals surface area contributed by atoms with Gasteiger partial charge in [-0.3, -0.25) is 4.99 Å². The fourth-order valence-electron chi connectivity index (χ4n) is 2.19. The number of furan rings is 1. The predicted octanol–water partition coefficient (Wildman–Crippen LogP) is 3.25. The number of nitrogens with zero attached hydrogens (tertiary/aromatic N) is 3. The van der Waals surface area contributed by atoms with E-state index < -0.39 is 0 Å².